The first-order chi connectivity index (χ1) is 22.3. The maximum atomic E-state index is 13.6. The summed E-state index contributed by atoms with van der Waals surface area (Å²) in [6, 6.07) is 20.4. The van der Waals surface area contributed by atoms with Gasteiger partial charge in [0.2, 0.25) is 5.91 Å². The van der Waals surface area contributed by atoms with Crippen molar-refractivity contribution >= 4 is 39.4 Å². The Morgan fingerprint density at radius 2 is 1.68 bits per heavy atom. The number of carbonyl (C=O) groups is 2. The number of rotatable bonds is 6. The Balaban J connectivity index is 1.53. The third-order valence-corrected chi connectivity index (χ3v) is 9.02. The smallest absolute Gasteiger partial charge is 0.337 e. The highest BCUT2D eigenvalue weighted by Gasteiger charge is 2.37. The van der Waals surface area contributed by atoms with Crippen molar-refractivity contribution in [1.82, 2.24) is 19.3 Å². The second-order valence-corrected chi connectivity index (χ2v) is 13.4. The minimum Gasteiger partial charge on any atom is -0.479 e. The van der Waals surface area contributed by atoms with Crippen LogP contribution < -0.4 is 4.90 Å². The van der Waals surface area contributed by atoms with Gasteiger partial charge in [0.05, 0.1) is 34.2 Å². The number of fused-ring (bicyclic) bond motifs is 1. The van der Waals surface area contributed by atoms with E-state index in [0.717, 1.165) is 61.0 Å². The van der Waals surface area contributed by atoms with Crippen LogP contribution in [-0.4, -0.2) is 49.0 Å². The standard InChI is InChI=1S/C38H37N5O4/c1-21-8-10-23(11-9-21)33-27-18-30(25-14-15-39-28(17-25)24-12-13-29-26(16-24)19-40-42(29)7)43-20-31(44)41(6)34(35(27)43)22(2)32(33)36(37(45)46)47-38(3,4)5/h8-19,36H,20H2,1-7H3,(H,45,46). The molecule has 6 aromatic rings. The molecule has 0 saturated heterocycles. The molecule has 1 atom stereocenters. The SMILES string of the molecule is Cc1ccc(-c2c(C(OC(C)(C)C)C(=O)O)c(C)c3c4c2cc(-c2ccnc(-c5ccc6c(cnn6C)c5)c2)n4CC(=O)N3C)cc1. The third-order valence-electron chi connectivity index (χ3n) is 9.02. The van der Waals surface area contributed by atoms with Crippen LogP contribution in [0, 0.1) is 13.8 Å². The van der Waals surface area contributed by atoms with Crippen LogP contribution in [0.3, 0.4) is 0 Å². The molecule has 0 aliphatic carbocycles. The molecular weight excluding hydrogens is 590 g/mol. The highest BCUT2D eigenvalue weighted by Crippen LogP contribution is 2.49. The van der Waals surface area contributed by atoms with Gasteiger partial charge in [-0.3, -0.25) is 14.5 Å². The number of benzene rings is 3. The first kappa shape index (κ1) is 30.4. The van der Waals surface area contributed by atoms with E-state index in [4.69, 9.17) is 9.72 Å². The van der Waals surface area contributed by atoms with Gasteiger partial charge in [-0.1, -0.05) is 35.9 Å². The highest BCUT2D eigenvalue weighted by molar-refractivity contribution is 6.14. The molecule has 0 radical (unpaired) electrons. The molecule has 1 N–H and O–H groups in total. The first-order valence-corrected chi connectivity index (χ1v) is 15.6. The van der Waals surface area contributed by atoms with Crippen LogP contribution in [0.2, 0.25) is 0 Å². The van der Waals surface area contributed by atoms with Crippen LogP contribution in [-0.2, 0) is 27.9 Å². The monoisotopic (exact) mass is 627 g/mol. The van der Waals surface area contributed by atoms with Crippen molar-refractivity contribution in [3.8, 4) is 33.6 Å². The summed E-state index contributed by atoms with van der Waals surface area (Å²) in [5.41, 5.74) is 9.38. The largest absolute Gasteiger partial charge is 0.479 e. The van der Waals surface area contributed by atoms with Gasteiger partial charge < -0.3 is 19.3 Å². The number of hydrogen-bond donors (Lipinski definition) is 1. The zero-order chi connectivity index (χ0) is 33.4. The number of anilines is 1. The van der Waals surface area contributed by atoms with Crippen LogP contribution in [0.1, 0.15) is 43.6 Å². The molecular formula is C38H37N5O4. The van der Waals surface area contributed by atoms with Crippen LogP contribution in [0.25, 0.3) is 55.4 Å². The molecule has 7 rings (SSSR count). The molecule has 3 aromatic carbocycles. The average Bonchev–Trinajstić information content (AvgIpc) is 3.59. The molecule has 0 spiro atoms. The Bertz CT molecular complexity index is 2240. The maximum absolute atomic E-state index is 13.6. The summed E-state index contributed by atoms with van der Waals surface area (Å²) < 4.78 is 10.2. The summed E-state index contributed by atoms with van der Waals surface area (Å²) in [5, 5.41) is 16.9. The summed E-state index contributed by atoms with van der Waals surface area (Å²) in [5.74, 6) is -1.18. The van der Waals surface area contributed by atoms with Crippen LogP contribution in [0.4, 0.5) is 5.69 Å². The summed E-state index contributed by atoms with van der Waals surface area (Å²) in [4.78, 5) is 33.0. The van der Waals surface area contributed by atoms with E-state index < -0.39 is 17.7 Å². The van der Waals surface area contributed by atoms with Crippen molar-refractivity contribution in [2.75, 3.05) is 11.9 Å². The highest BCUT2D eigenvalue weighted by atomic mass is 16.5. The number of likely N-dealkylation sites (N-methyl/N-ethyl adjacent to an activating group) is 1. The fourth-order valence-corrected chi connectivity index (χ4v) is 6.83. The van der Waals surface area contributed by atoms with Crippen molar-refractivity contribution in [3.05, 3.63) is 89.7 Å². The van der Waals surface area contributed by atoms with Crippen molar-refractivity contribution in [1.29, 1.82) is 0 Å². The number of ether oxygens (including phenoxy) is 1. The predicted octanol–water partition coefficient (Wildman–Crippen LogP) is 7.46. The number of aryl methyl sites for hydroxylation is 2. The minimum absolute atomic E-state index is 0.0895. The van der Waals surface area contributed by atoms with Gasteiger partial charge >= 0.3 is 5.97 Å². The Morgan fingerprint density at radius 1 is 0.957 bits per heavy atom. The Labute approximate surface area is 273 Å². The molecule has 9 nitrogen and oxygen atoms in total. The van der Waals surface area contributed by atoms with Gasteiger partial charge in [-0.2, -0.15) is 5.10 Å². The van der Waals surface area contributed by atoms with Crippen molar-refractivity contribution in [2.45, 2.75) is 52.9 Å². The third kappa shape index (κ3) is 5.07. The molecule has 1 aliphatic rings. The molecule has 4 heterocycles. The molecule has 3 aromatic heterocycles. The summed E-state index contributed by atoms with van der Waals surface area (Å²) in [6.07, 6.45) is 2.37. The van der Waals surface area contributed by atoms with Gasteiger partial charge in [0.15, 0.2) is 6.10 Å². The van der Waals surface area contributed by atoms with Crippen LogP contribution in [0.5, 0.6) is 0 Å². The van der Waals surface area contributed by atoms with E-state index in [1.165, 1.54) is 0 Å². The molecule has 1 aliphatic heterocycles. The number of amides is 1. The fraction of sp³-hybridized carbons (Fsp3) is 0.263. The number of nitrogens with zero attached hydrogens (tertiary/aromatic N) is 5. The van der Waals surface area contributed by atoms with Gasteiger partial charge in [-0.15, -0.1) is 0 Å². The fourth-order valence-electron chi connectivity index (χ4n) is 6.83. The summed E-state index contributed by atoms with van der Waals surface area (Å²) in [7, 11) is 3.68. The molecule has 0 fully saturated rings. The van der Waals surface area contributed by atoms with Gasteiger partial charge in [-0.05, 0) is 81.6 Å². The quantitative estimate of drug-likeness (QED) is 0.206. The van der Waals surface area contributed by atoms with E-state index in [1.807, 2.05) is 101 Å². The van der Waals surface area contributed by atoms with Gasteiger partial charge in [0.1, 0.15) is 6.54 Å². The number of hydrogen-bond acceptors (Lipinski definition) is 5. The van der Waals surface area contributed by atoms with E-state index in [0.29, 0.717) is 16.8 Å². The number of carboxylic acids is 1. The summed E-state index contributed by atoms with van der Waals surface area (Å²) in [6.45, 7) is 9.62. The van der Waals surface area contributed by atoms with Crippen LogP contribution >= 0.6 is 0 Å². The number of aliphatic carboxylic acids is 1. The number of pyridine rings is 1. The van der Waals surface area contributed by atoms with Crippen molar-refractivity contribution < 1.29 is 19.4 Å². The van der Waals surface area contributed by atoms with Gasteiger partial charge in [-0.25, -0.2) is 4.79 Å². The predicted molar refractivity (Wildman–Crippen MR) is 184 cm³/mol. The zero-order valence-corrected chi connectivity index (χ0v) is 27.6. The second-order valence-electron chi connectivity index (χ2n) is 13.4. The Kier molecular flexibility index (Phi) is 7.05. The molecule has 1 unspecified atom stereocenters. The van der Waals surface area contributed by atoms with Gasteiger partial charge in [0, 0.05) is 53.4 Å². The zero-order valence-electron chi connectivity index (χ0n) is 27.6. The van der Waals surface area contributed by atoms with E-state index in [1.54, 1.807) is 18.1 Å². The van der Waals surface area contributed by atoms with Crippen molar-refractivity contribution in [3.63, 3.8) is 0 Å². The van der Waals surface area contributed by atoms with Gasteiger partial charge in [0.25, 0.3) is 0 Å². The lowest BCUT2D eigenvalue weighted by Crippen LogP contribution is -2.35. The lowest BCUT2D eigenvalue weighted by atomic mass is 9.87. The lowest BCUT2D eigenvalue weighted by Gasteiger charge is -2.33. The lowest BCUT2D eigenvalue weighted by molar-refractivity contribution is -0.160. The molecule has 1 amide bonds. The van der Waals surface area contributed by atoms with Crippen molar-refractivity contribution in [2.24, 2.45) is 7.05 Å². The maximum Gasteiger partial charge on any atom is 0.337 e. The Morgan fingerprint density at radius 3 is 2.38 bits per heavy atom. The molecule has 0 bridgehead atoms. The first-order valence-electron chi connectivity index (χ1n) is 15.6. The Hall–Kier alpha value is -5.28. The number of carboxylic acid groups (broad SMARTS) is 1. The summed E-state index contributed by atoms with van der Waals surface area (Å²) >= 11 is 0. The average molecular weight is 628 g/mol. The van der Waals surface area contributed by atoms with E-state index in [2.05, 4.69) is 21.8 Å². The normalized spacial score (nSPS) is 13.9. The van der Waals surface area contributed by atoms with Crippen LogP contribution in [0.15, 0.2) is 73.1 Å². The molecule has 47 heavy (non-hydrogen) atoms. The van der Waals surface area contributed by atoms with E-state index >= 15 is 0 Å². The topological polar surface area (TPSA) is 102 Å². The second kappa shape index (κ2) is 10.9. The number of aromatic nitrogens is 4. The van der Waals surface area contributed by atoms with E-state index in [9.17, 15) is 14.7 Å². The molecule has 0 saturated carbocycles. The minimum atomic E-state index is -1.26. The molecule has 9 heteroatoms. The molecule has 238 valence electrons. The van der Waals surface area contributed by atoms with E-state index in [-0.39, 0.29) is 12.5 Å². The number of carbonyl (C=O) groups excluding carboxylic acids is 1.